The largest absolute Gasteiger partial charge is 0.339 e. The maximum absolute atomic E-state index is 12.0. The van der Waals surface area contributed by atoms with Gasteiger partial charge in [0, 0.05) is 12.6 Å². The van der Waals surface area contributed by atoms with E-state index in [9.17, 15) is 4.79 Å². The SMILES string of the molecule is O=C1C(Sc2cccs2)CCN1C1CC1. The van der Waals surface area contributed by atoms with Crippen LogP contribution in [-0.4, -0.2) is 28.6 Å². The zero-order valence-corrected chi connectivity index (χ0v) is 10.0. The molecule has 0 N–H and O–H groups in total. The number of thioether (sulfide) groups is 1. The van der Waals surface area contributed by atoms with Crippen LogP contribution >= 0.6 is 23.1 Å². The molecule has 1 aliphatic carbocycles. The van der Waals surface area contributed by atoms with Gasteiger partial charge in [-0.1, -0.05) is 6.07 Å². The Hall–Kier alpha value is -0.480. The zero-order valence-electron chi connectivity index (χ0n) is 8.39. The summed E-state index contributed by atoms with van der Waals surface area (Å²) >= 11 is 3.47. The van der Waals surface area contributed by atoms with E-state index in [4.69, 9.17) is 0 Å². The molecule has 2 aliphatic rings. The summed E-state index contributed by atoms with van der Waals surface area (Å²) in [6.07, 6.45) is 3.47. The topological polar surface area (TPSA) is 20.3 Å². The van der Waals surface area contributed by atoms with E-state index in [1.165, 1.54) is 17.1 Å². The second-order valence-electron chi connectivity index (χ2n) is 4.09. The van der Waals surface area contributed by atoms with E-state index in [2.05, 4.69) is 16.3 Å². The Morgan fingerprint density at radius 3 is 2.93 bits per heavy atom. The lowest BCUT2D eigenvalue weighted by Crippen LogP contribution is -2.30. The van der Waals surface area contributed by atoms with Crippen molar-refractivity contribution in [1.29, 1.82) is 0 Å². The molecule has 4 heteroatoms. The summed E-state index contributed by atoms with van der Waals surface area (Å²) < 4.78 is 1.27. The first-order valence-corrected chi connectivity index (χ1v) is 7.11. The van der Waals surface area contributed by atoms with Crippen molar-refractivity contribution in [1.82, 2.24) is 4.90 Å². The number of rotatable bonds is 3. The third kappa shape index (κ3) is 1.93. The Labute approximate surface area is 97.7 Å². The summed E-state index contributed by atoms with van der Waals surface area (Å²) in [7, 11) is 0. The first-order valence-electron chi connectivity index (χ1n) is 5.35. The van der Waals surface area contributed by atoms with E-state index in [1.807, 2.05) is 6.07 Å². The average Bonchev–Trinajstić information content (AvgIpc) is 2.83. The van der Waals surface area contributed by atoms with Crippen LogP contribution in [-0.2, 0) is 4.79 Å². The van der Waals surface area contributed by atoms with Gasteiger partial charge in [0.05, 0.1) is 9.46 Å². The lowest BCUT2D eigenvalue weighted by molar-refractivity contribution is -0.127. The van der Waals surface area contributed by atoms with Crippen LogP contribution in [0, 0.1) is 0 Å². The molecule has 2 heterocycles. The van der Waals surface area contributed by atoms with Crippen LogP contribution in [0.3, 0.4) is 0 Å². The minimum atomic E-state index is 0.184. The first-order chi connectivity index (χ1) is 7.34. The molecular formula is C11H13NOS2. The molecule has 0 aromatic carbocycles. The predicted molar refractivity (Wildman–Crippen MR) is 63.3 cm³/mol. The maximum Gasteiger partial charge on any atom is 0.236 e. The molecule has 0 spiro atoms. The van der Waals surface area contributed by atoms with Gasteiger partial charge in [0.25, 0.3) is 0 Å². The molecule has 3 rings (SSSR count). The first kappa shape index (κ1) is 9.73. The molecule has 1 aliphatic heterocycles. The molecule has 1 atom stereocenters. The third-order valence-electron chi connectivity index (χ3n) is 2.93. The molecule has 1 saturated carbocycles. The highest BCUT2D eigenvalue weighted by molar-refractivity contribution is 8.02. The van der Waals surface area contributed by atoms with Gasteiger partial charge < -0.3 is 4.90 Å². The average molecular weight is 239 g/mol. The van der Waals surface area contributed by atoms with Gasteiger partial charge in [-0.3, -0.25) is 4.79 Å². The molecule has 1 aromatic heterocycles. The number of nitrogens with zero attached hydrogens (tertiary/aromatic N) is 1. The standard InChI is InChI=1S/C11H13NOS2/c13-11-9(15-10-2-1-7-14-10)5-6-12(11)8-3-4-8/h1-2,7-9H,3-6H2. The van der Waals surface area contributed by atoms with E-state index in [0.717, 1.165) is 13.0 Å². The van der Waals surface area contributed by atoms with Gasteiger partial charge in [-0.05, 0) is 30.7 Å². The van der Waals surface area contributed by atoms with Crippen molar-refractivity contribution in [3.05, 3.63) is 17.5 Å². The molecule has 1 saturated heterocycles. The van der Waals surface area contributed by atoms with Crippen LogP contribution in [0.4, 0.5) is 0 Å². The van der Waals surface area contributed by atoms with Gasteiger partial charge in [-0.2, -0.15) is 0 Å². The summed E-state index contributed by atoms with van der Waals surface area (Å²) in [4.78, 5) is 14.1. The normalized spacial score (nSPS) is 26.3. The van der Waals surface area contributed by atoms with Crippen LogP contribution < -0.4 is 0 Å². The molecule has 2 fully saturated rings. The minimum absolute atomic E-state index is 0.184. The quantitative estimate of drug-likeness (QED) is 0.808. The zero-order chi connectivity index (χ0) is 10.3. The van der Waals surface area contributed by atoms with Gasteiger partial charge in [-0.15, -0.1) is 23.1 Å². The highest BCUT2D eigenvalue weighted by Crippen LogP contribution is 2.37. The molecule has 80 valence electrons. The summed E-state index contributed by atoms with van der Waals surface area (Å²) in [5.41, 5.74) is 0. The van der Waals surface area contributed by atoms with Crippen LogP contribution in [0.5, 0.6) is 0 Å². The summed E-state index contributed by atoms with van der Waals surface area (Å²) in [5, 5.41) is 2.25. The Kier molecular flexibility index (Phi) is 2.48. The molecule has 2 nitrogen and oxygen atoms in total. The van der Waals surface area contributed by atoms with Gasteiger partial charge in [0.1, 0.15) is 0 Å². The Bertz CT molecular complexity index is 359. The van der Waals surface area contributed by atoms with E-state index < -0.39 is 0 Å². The highest BCUT2D eigenvalue weighted by Gasteiger charge is 2.40. The Morgan fingerprint density at radius 2 is 2.27 bits per heavy atom. The van der Waals surface area contributed by atoms with Gasteiger partial charge in [0.2, 0.25) is 5.91 Å². The van der Waals surface area contributed by atoms with E-state index >= 15 is 0 Å². The summed E-state index contributed by atoms with van der Waals surface area (Å²) in [6.45, 7) is 0.979. The van der Waals surface area contributed by atoms with Crippen LogP contribution in [0.15, 0.2) is 21.7 Å². The van der Waals surface area contributed by atoms with Gasteiger partial charge in [-0.25, -0.2) is 0 Å². The van der Waals surface area contributed by atoms with Crippen LogP contribution in [0.25, 0.3) is 0 Å². The molecule has 1 unspecified atom stereocenters. The second kappa shape index (κ2) is 3.83. The Morgan fingerprint density at radius 1 is 1.40 bits per heavy atom. The number of likely N-dealkylation sites (tertiary alicyclic amines) is 1. The number of hydrogen-bond acceptors (Lipinski definition) is 3. The monoisotopic (exact) mass is 239 g/mol. The smallest absolute Gasteiger partial charge is 0.236 e. The third-order valence-corrected chi connectivity index (χ3v) is 5.26. The van der Waals surface area contributed by atoms with Crippen molar-refractivity contribution in [2.24, 2.45) is 0 Å². The Balaban J connectivity index is 1.65. The molecule has 15 heavy (non-hydrogen) atoms. The fourth-order valence-corrected chi connectivity index (χ4v) is 4.09. The fourth-order valence-electron chi connectivity index (χ4n) is 2.00. The van der Waals surface area contributed by atoms with E-state index in [1.54, 1.807) is 23.1 Å². The molecule has 0 radical (unpaired) electrons. The van der Waals surface area contributed by atoms with Gasteiger partial charge >= 0.3 is 0 Å². The van der Waals surface area contributed by atoms with Crippen LogP contribution in [0.2, 0.25) is 0 Å². The number of carbonyl (C=O) groups is 1. The fraction of sp³-hybridized carbons (Fsp3) is 0.545. The van der Waals surface area contributed by atoms with Crippen molar-refractivity contribution in [3.8, 4) is 0 Å². The minimum Gasteiger partial charge on any atom is -0.339 e. The van der Waals surface area contributed by atoms with E-state index in [-0.39, 0.29) is 5.25 Å². The second-order valence-corrected chi connectivity index (χ2v) is 6.54. The van der Waals surface area contributed by atoms with Crippen molar-refractivity contribution < 1.29 is 4.79 Å². The molecule has 0 bridgehead atoms. The van der Waals surface area contributed by atoms with E-state index in [0.29, 0.717) is 11.9 Å². The maximum atomic E-state index is 12.0. The predicted octanol–water partition coefficient (Wildman–Crippen LogP) is 2.60. The lowest BCUT2D eigenvalue weighted by atomic mass is 10.4. The van der Waals surface area contributed by atoms with Gasteiger partial charge in [0.15, 0.2) is 0 Å². The lowest BCUT2D eigenvalue weighted by Gasteiger charge is -2.14. The van der Waals surface area contributed by atoms with Crippen LogP contribution in [0.1, 0.15) is 19.3 Å². The number of carbonyl (C=O) groups excluding carboxylic acids is 1. The number of thiophene rings is 1. The van der Waals surface area contributed by atoms with Crippen molar-refractivity contribution in [2.75, 3.05) is 6.54 Å². The molecule has 1 amide bonds. The van der Waals surface area contributed by atoms with Crippen molar-refractivity contribution in [2.45, 2.75) is 34.8 Å². The molecule has 1 aromatic rings. The number of hydrogen-bond donors (Lipinski definition) is 0. The number of amides is 1. The highest BCUT2D eigenvalue weighted by atomic mass is 32.2. The summed E-state index contributed by atoms with van der Waals surface area (Å²) in [6, 6.07) is 4.74. The van der Waals surface area contributed by atoms with Crippen molar-refractivity contribution >= 4 is 29.0 Å². The summed E-state index contributed by atoms with van der Waals surface area (Å²) in [5.74, 6) is 0.371. The molecular weight excluding hydrogens is 226 g/mol. The van der Waals surface area contributed by atoms with Crippen molar-refractivity contribution in [3.63, 3.8) is 0 Å².